The van der Waals surface area contributed by atoms with Crippen molar-refractivity contribution in [1.82, 2.24) is 19.4 Å². The minimum Gasteiger partial charge on any atom is -0.354 e. The first-order chi connectivity index (χ1) is 24.0. The van der Waals surface area contributed by atoms with Gasteiger partial charge in [0.15, 0.2) is 0 Å². The molecular weight excluding hydrogens is 693 g/mol. The number of aryl methyl sites for hydroxylation is 1. The SMILES string of the molecule is CN(C)C(c1c(F)cccc1Cl)c1c(-c2ccc(Cl)cc2)[nH]c2ccccc12.CN(C)C(c1c(F)cccc1Cl)c1cn(C)c2ccccc12. The van der Waals surface area contributed by atoms with Gasteiger partial charge in [-0.05, 0) is 87.8 Å². The molecule has 5 aromatic carbocycles. The molecule has 2 unspecified atom stereocenters. The summed E-state index contributed by atoms with van der Waals surface area (Å²) in [6, 6.07) is 32.9. The lowest BCUT2D eigenvalue weighted by Crippen LogP contribution is -2.23. The molecule has 0 amide bonds. The fourth-order valence-corrected chi connectivity index (χ4v) is 7.44. The summed E-state index contributed by atoms with van der Waals surface area (Å²) in [5, 5.41) is 3.67. The van der Waals surface area contributed by atoms with Gasteiger partial charge in [0.05, 0.1) is 17.8 Å². The molecule has 50 heavy (non-hydrogen) atoms. The first-order valence-electron chi connectivity index (χ1n) is 16.1. The number of nitrogens with one attached hydrogen (secondary N) is 1. The maximum absolute atomic E-state index is 14.9. The van der Waals surface area contributed by atoms with Crippen LogP contribution in [0.15, 0.2) is 115 Å². The molecule has 0 saturated carbocycles. The fourth-order valence-electron chi connectivity index (χ4n) is 6.78. The third-order valence-electron chi connectivity index (χ3n) is 8.95. The summed E-state index contributed by atoms with van der Waals surface area (Å²) in [6.45, 7) is 0. The Morgan fingerprint density at radius 3 is 1.72 bits per heavy atom. The molecule has 1 N–H and O–H groups in total. The molecule has 2 heterocycles. The first-order valence-corrected chi connectivity index (χ1v) is 17.2. The van der Waals surface area contributed by atoms with E-state index >= 15 is 0 Å². The summed E-state index contributed by atoms with van der Waals surface area (Å²) in [6.07, 6.45) is 2.05. The van der Waals surface area contributed by atoms with Crippen molar-refractivity contribution in [3.05, 3.63) is 164 Å². The number of aromatic nitrogens is 2. The second-order valence-corrected chi connectivity index (χ2v) is 13.9. The van der Waals surface area contributed by atoms with Crippen LogP contribution >= 0.6 is 34.8 Å². The number of aromatic amines is 1. The van der Waals surface area contributed by atoms with Crippen molar-refractivity contribution in [3.8, 4) is 11.3 Å². The van der Waals surface area contributed by atoms with Gasteiger partial charge in [-0.2, -0.15) is 0 Å². The normalized spacial score (nSPS) is 12.8. The smallest absolute Gasteiger partial charge is 0.129 e. The molecule has 9 heteroatoms. The molecule has 0 radical (unpaired) electrons. The minimum absolute atomic E-state index is 0.236. The lowest BCUT2D eigenvalue weighted by Gasteiger charge is -2.27. The van der Waals surface area contributed by atoms with E-state index < -0.39 is 0 Å². The van der Waals surface area contributed by atoms with E-state index in [1.807, 2.05) is 106 Å². The lowest BCUT2D eigenvalue weighted by atomic mass is 9.92. The van der Waals surface area contributed by atoms with E-state index in [1.54, 1.807) is 24.3 Å². The molecule has 0 bridgehead atoms. The molecule has 0 aliphatic rings. The number of benzene rings is 5. The van der Waals surface area contributed by atoms with Gasteiger partial charge < -0.3 is 9.55 Å². The largest absolute Gasteiger partial charge is 0.354 e. The van der Waals surface area contributed by atoms with Crippen molar-refractivity contribution in [1.29, 1.82) is 0 Å². The van der Waals surface area contributed by atoms with Crippen molar-refractivity contribution >= 4 is 56.6 Å². The van der Waals surface area contributed by atoms with Crippen LogP contribution in [0.2, 0.25) is 15.1 Å². The Balaban J connectivity index is 0.000000178. The summed E-state index contributed by atoms with van der Waals surface area (Å²) in [5.41, 5.74) is 7.04. The molecular formula is C41H37Cl3F2N4. The van der Waals surface area contributed by atoms with Crippen LogP contribution in [0, 0.1) is 11.6 Å². The molecule has 4 nitrogen and oxygen atoms in total. The summed E-state index contributed by atoms with van der Waals surface area (Å²) in [4.78, 5) is 7.49. The zero-order valence-electron chi connectivity index (χ0n) is 28.4. The minimum atomic E-state index is -0.365. The van der Waals surface area contributed by atoms with E-state index in [9.17, 15) is 8.78 Å². The van der Waals surface area contributed by atoms with Gasteiger partial charge in [0, 0.05) is 66.8 Å². The third-order valence-corrected chi connectivity index (χ3v) is 9.87. The molecule has 0 aliphatic heterocycles. The Labute approximate surface area is 306 Å². The summed E-state index contributed by atoms with van der Waals surface area (Å²) >= 11 is 18.8. The average molecular weight is 730 g/mol. The quantitative estimate of drug-likeness (QED) is 0.177. The molecule has 2 aromatic heterocycles. The maximum Gasteiger partial charge on any atom is 0.129 e. The highest BCUT2D eigenvalue weighted by Gasteiger charge is 2.29. The van der Waals surface area contributed by atoms with Crippen molar-refractivity contribution in [2.24, 2.45) is 7.05 Å². The van der Waals surface area contributed by atoms with Crippen LogP contribution in [-0.2, 0) is 7.05 Å². The second-order valence-electron chi connectivity index (χ2n) is 12.7. The zero-order chi connectivity index (χ0) is 35.7. The van der Waals surface area contributed by atoms with E-state index in [0.29, 0.717) is 26.2 Å². The third kappa shape index (κ3) is 6.91. The molecule has 7 aromatic rings. The van der Waals surface area contributed by atoms with Crippen LogP contribution in [0.25, 0.3) is 33.1 Å². The molecule has 0 saturated heterocycles. The van der Waals surface area contributed by atoms with Crippen molar-refractivity contribution in [2.45, 2.75) is 12.1 Å². The van der Waals surface area contributed by atoms with Crippen LogP contribution in [0.3, 0.4) is 0 Å². The number of nitrogens with zero attached hydrogens (tertiary/aromatic N) is 3. The van der Waals surface area contributed by atoms with Crippen molar-refractivity contribution < 1.29 is 8.78 Å². The number of para-hydroxylation sites is 2. The Morgan fingerprint density at radius 2 is 1.14 bits per heavy atom. The van der Waals surface area contributed by atoms with Gasteiger partial charge in [-0.15, -0.1) is 0 Å². The summed E-state index contributed by atoms with van der Waals surface area (Å²) in [5.74, 6) is -0.599. The van der Waals surface area contributed by atoms with Gasteiger partial charge in [0.1, 0.15) is 11.6 Å². The topological polar surface area (TPSA) is 27.2 Å². The molecule has 2 atom stereocenters. The van der Waals surface area contributed by atoms with Crippen molar-refractivity contribution in [3.63, 3.8) is 0 Å². The number of hydrogen-bond donors (Lipinski definition) is 1. The fraction of sp³-hybridized carbons (Fsp3) is 0.171. The average Bonchev–Trinajstić information content (AvgIpc) is 3.62. The van der Waals surface area contributed by atoms with Crippen LogP contribution in [-0.4, -0.2) is 47.5 Å². The number of hydrogen-bond acceptors (Lipinski definition) is 2. The number of rotatable bonds is 7. The van der Waals surface area contributed by atoms with E-state index in [0.717, 1.165) is 44.2 Å². The van der Waals surface area contributed by atoms with E-state index in [2.05, 4.69) is 27.9 Å². The lowest BCUT2D eigenvalue weighted by molar-refractivity contribution is 0.335. The van der Waals surface area contributed by atoms with Crippen LogP contribution in [0.1, 0.15) is 34.3 Å². The van der Waals surface area contributed by atoms with E-state index in [1.165, 1.54) is 12.1 Å². The van der Waals surface area contributed by atoms with Crippen LogP contribution < -0.4 is 0 Å². The predicted octanol–water partition coefficient (Wildman–Crippen LogP) is 11.6. The van der Waals surface area contributed by atoms with Gasteiger partial charge in [-0.3, -0.25) is 9.80 Å². The highest BCUT2D eigenvalue weighted by Crippen LogP contribution is 2.43. The molecule has 0 aliphatic carbocycles. The zero-order valence-corrected chi connectivity index (χ0v) is 30.6. The van der Waals surface area contributed by atoms with Gasteiger partial charge >= 0.3 is 0 Å². The number of halogens is 5. The Morgan fingerprint density at radius 1 is 0.600 bits per heavy atom. The monoisotopic (exact) mass is 728 g/mol. The highest BCUT2D eigenvalue weighted by molar-refractivity contribution is 6.32. The van der Waals surface area contributed by atoms with E-state index in [4.69, 9.17) is 34.8 Å². The van der Waals surface area contributed by atoms with Gasteiger partial charge in [0.25, 0.3) is 0 Å². The number of fused-ring (bicyclic) bond motifs is 2. The molecule has 0 fully saturated rings. The highest BCUT2D eigenvalue weighted by atomic mass is 35.5. The Bertz CT molecular complexity index is 2230. The van der Waals surface area contributed by atoms with Crippen LogP contribution in [0.5, 0.6) is 0 Å². The predicted molar refractivity (Wildman–Crippen MR) is 206 cm³/mol. The van der Waals surface area contributed by atoms with E-state index in [-0.39, 0.29) is 23.7 Å². The maximum atomic E-state index is 14.9. The standard InChI is InChI=1S/C23H19Cl2FN2.C18H18ClFN2/c1-28(2)23(21-17(25)7-5-8-18(21)26)20-16-6-3-4-9-19(16)27-22(20)14-10-12-15(24)13-11-14;1-21(2)18(17-14(19)8-6-9-15(17)20)13-11-22(3)16-10-5-4-7-12(13)16/h3-13,23,27H,1-2H3;4-11,18H,1-3H3. The van der Waals surface area contributed by atoms with Gasteiger partial charge in [-0.1, -0.05) is 95.5 Å². The first kappa shape index (κ1) is 35.6. The summed E-state index contributed by atoms with van der Waals surface area (Å²) in [7, 11) is 9.74. The van der Waals surface area contributed by atoms with Gasteiger partial charge in [-0.25, -0.2) is 8.78 Å². The Hall–Kier alpha value is -4.17. The molecule has 7 rings (SSSR count). The number of H-pyrrole nitrogens is 1. The van der Waals surface area contributed by atoms with Crippen molar-refractivity contribution in [2.75, 3.05) is 28.2 Å². The Kier molecular flexibility index (Phi) is 10.7. The molecule has 0 spiro atoms. The van der Waals surface area contributed by atoms with Gasteiger partial charge in [0.2, 0.25) is 0 Å². The second kappa shape index (κ2) is 15.0. The van der Waals surface area contributed by atoms with Crippen LogP contribution in [0.4, 0.5) is 8.78 Å². The summed E-state index contributed by atoms with van der Waals surface area (Å²) < 4.78 is 31.4. The molecule has 256 valence electrons.